The second-order valence-corrected chi connectivity index (χ2v) is 9.66. The third-order valence-electron chi connectivity index (χ3n) is 5.12. The molecule has 2 aromatic rings. The summed E-state index contributed by atoms with van der Waals surface area (Å²) in [6.45, 7) is 5.01. The molecule has 2 aromatic carbocycles. The summed E-state index contributed by atoms with van der Waals surface area (Å²) in [5, 5.41) is 0. The van der Waals surface area contributed by atoms with Crippen LogP contribution in [0.1, 0.15) is 42.1 Å². The van der Waals surface area contributed by atoms with Gasteiger partial charge in [0.25, 0.3) is 0 Å². The smallest absolute Gasteiger partial charge is 0.182 e. The van der Waals surface area contributed by atoms with Gasteiger partial charge in [-0.3, -0.25) is 4.79 Å². The lowest BCUT2D eigenvalue weighted by atomic mass is 10.0. The van der Waals surface area contributed by atoms with E-state index in [9.17, 15) is 13.2 Å². The first-order valence-corrected chi connectivity index (χ1v) is 11.5. The second-order valence-electron chi connectivity index (χ2n) is 7.55. The van der Waals surface area contributed by atoms with E-state index in [-0.39, 0.29) is 18.1 Å². The summed E-state index contributed by atoms with van der Waals surface area (Å²) in [4.78, 5) is 14.9. The summed E-state index contributed by atoms with van der Waals surface area (Å²) in [5.41, 5.74) is 2.66. The lowest BCUT2D eigenvalue weighted by molar-refractivity contribution is 0.0952. The molecule has 0 bridgehead atoms. The molecular weight excluding hydrogens is 382 g/mol. The van der Waals surface area contributed by atoms with Gasteiger partial charge in [0.05, 0.1) is 17.2 Å². The van der Waals surface area contributed by atoms with Crippen molar-refractivity contribution < 1.29 is 13.2 Å². The predicted octanol–water partition coefficient (Wildman–Crippen LogP) is 4.61. The van der Waals surface area contributed by atoms with Crippen molar-refractivity contribution in [1.29, 1.82) is 0 Å². The van der Waals surface area contributed by atoms with Crippen LogP contribution in [0.2, 0.25) is 0 Å². The van der Waals surface area contributed by atoms with Gasteiger partial charge in [0, 0.05) is 24.2 Å². The molecule has 0 aromatic heterocycles. The van der Waals surface area contributed by atoms with Gasteiger partial charge in [0.2, 0.25) is 0 Å². The van der Waals surface area contributed by atoms with Crippen LogP contribution in [0.25, 0.3) is 0 Å². The maximum absolute atomic E-state index is 12.8. The first-order valence-electron chi connectivity index (χ1n) is 9.88. The number of nitrogens with zero attached hydrogens (tertiary/aromatic N) is 1. The Morgan fingerprint density at radius 3 is 2.38 bits per heavy atom. The summed E-state index contributed by atoms with van der Waals surface area (Å²) in [7, 11) is -3.38. The van der Waals surface area contributed by atoms with Crippen LogP contribution in [-0.4, -0.2) is 37.9 Å². The maximum atomic E-state index is 12.8. The Kier molecular flexibility index (Phi) is 6.70. The van der Waals surface area contributed by atoms with Crippen LogP contribution in [0.4, 0.5) is 0 Å². The van der Waals surface area contributed by atoms with Crippen LogP contribution in [0.15, 0.2) is 83.4 Å². The third kappa shape index (κ3) is 5.45. The van der Waals surface area contributed by atoms with Crippen molar-refractivity contribution in [1.82, 2.24) is 4.90 Å². The molecule has 0 saturated heterocycles. The molecular formula is C24H27NO3S. The van der Waals surface area contributed by atoms with Gasteiger partial charge >= 0.3 is 0 Å². The normalized spacial score (nSPS) is 14.2. The number of hydrogen-bond donors (Lipinski definition) is 0. The van der Waals surface area contributed by atoms with E-state index in [1.54, 1.807) is 24.3 Å². The molecule has 4 nitrogen and oxygen atoms in total. The lowest BCUT2D eigenvalue weighted by Crippen LogP contribution is -2.31. The number of ketones is 1. The van der Waals surface area contributed by atoms with Crippen molar-refractivity contribution in [2.45, 2.75) is 31.1 Å². The minimum Gasteiger partial charge on any atom is -0.363 e. The molecule has 1 aliphatic heterocycles. The molecule has 0 aliphatic carbocycles. The minimum atomic E-state index is -3.38. The number of Topliss-reactive ketones (excluding diaryl/α,β-unsaturated/α-hetero) is 1. The second kappa shape index (κ2) is 9.23. The molecule has 0 N–H and O–H groups in total. The van der Waals surface area contributed by atoms with Crippen molar-refractivity contribution in [2.75, 3.05) is 18.8 Å². The summed E-state index contributed by atoms with van der Waals surface area (Å²) >= 11 is 0. The molecule has 0 spiro atoms. The van der Waals surface area contributed by atoms with Gasteiger partial charge in [-0.05, 0) is 29.7 Å². The SMILES string of the molecule is CC(C)c1ccc(S(=O)(=O)CCC2=CC=CCN2CC(=O)c2ccccc2)cc1. The number of hydrogen-bond acceptors (Lipinski definition) is 4. The number of sulfone groups is 1. The van der Waals surface area contributed by atoms with Crippen LogP contribution in [0.5, 0.6) is 0 Å². The van der Waals surface area contributed by atoms with E-state index in [1.165, 1.54) is 0 Å². The largest absolute Gasteiger partial charge is 0.363 e. The zero-order chi connectivity index (χ0) is 20.9. The van der Waals surface area contributed by atoms with Gasteiger partial charge < -0.3 is 4.90 Å². The van der Waals surface area contributed by atoms with Crippen molar-refractivity contribution in [3.63, 3.8) is 0 Å². The Bertz CT molecular complexity index is 1000. The van der Waals surface area contributed by atoms with Crippen LogP contribution in [-0.2, 0) is 9.84 Å². The quantitative estimate of drug-likeness (QED) is 0.598. The van der Waals surface area contributed by atoms with Crippen molar-refractivity contribution in [2.24, 2.45) is 0 Å². The molecule has 152 valence electrons. The van der Waals surface area contributed by atoms with E-state index in [0.717, 1.165) is 11.3 Å². The highest BCUT2D eigenvalue weighted by Crippen LogP contribution is 2.21. The maximum Gasteiger partial charge on any atom is 0.182 e. The molecule has 1 heterocycles. The molecule has 0 fully saturated rings. The Hall–Kier alpha value is -2.66. The average Bonchev–Trinajstić information content (AvgIpc) is 2.74. The van der Waals surface area contributed by atoms with Crippen LogP contribution in [0, 0.1) is 0 Å². The first kappa shape index (κ1) is 21.1. The van der Waals surface area contributed by atoms with Gasteiger partial charge in [0.15, 0.2) is 15.6 Å². The molecule has 29 heavy (non-hydrogen) atoms. The van der Waals surface area contributed by atoms with Crippen LogP contribution < -0.4 is 0 Å². The summed E-state index contributed by atoms with van der Waals surface area (Å²) in [5.74, 6) is 0.407. The molecule has 0 radical (unpaired) electrons. The van der Waals surface area contributed by atoms with Gasteiger partial charge in [0.1, 0.15) is 0 Å². The van der Waals surface area contributed by atoms with Gasteiger partial charge in [-0.1, -0.05) is 68.5 Å². The van der Waals surface area contributed by atoms with Gasteiger partial charge in [-0.2, -0.15) is 0 Å². The molecule has 0 atom stereocenters. The predicted molar refractivity (Wildman–Crippen MR) is 117 cm³/mol. The Morgan fingerprint density at radius 1 is 1.03 bits per heavy atom. The fourth-order valence-corrected chi connectivity index (χ4v) is 4.57. The van der Waals surface area contributed by atoms with Crippen molar-refractivity contribution in [3.05, 3.63) is 89.6 Å². The number of carbonyl (C=O) groups is 1. The highest BCUT2D eigenvalue weighted by Gasteiger charge is 2.20. The summed E-state index contributed by atoms with van der Waals surface area (Å²) in [6.07, 6.45) is 6.17. The Labute approximate surface area is 173 Å². The topological polar surface area (TPSA) is 54.5 Å². The Morgan fingerprint density at radius 2 is 1.72 bits per heavy atom. The molecule has 0 unspecified atom stereocenters. The minimum absolute atomic E-state index is 0.0176. The molecule has 3 rings (SSSR count). The van der Waals surface area contributed by atoms with E-state index < -0.39 is 9.84 Å². The van der Waals surface area contributed by atoms with E-state index in [4.69, 9.17) is 0 Å². The van der Waals surface area contributed by atoms with E-state index in [2.05, 4.69) is 13.8 Å². The average molecular weight is 410 g/mol. The fourth-order valence-electron chi connectivity index (χ4n) is 3.30. The van der Waals surface area contributed by atoms with Crippen LogP contribution in [0.3, 0.4) is 0 Å². The molecule has 5 heteroatoms. The number of rotatable bonds is 8. The zero-order valence-electron chi connectivity index (χ0n) is 16.9. The monoisotopic (exact) mass is 409 g/mol. The van der Waals surface area contributed by atoms with Crippen LogP contribution >= 0.6 is 0 Å². The molecule has 1 aliphatic rings. The third-order valence-corrected chi connectivity index (χ3v) is 6.85. The van der Waals surface area contributed by atoms with E-state index in [1.807, 2.05) is 53.5 Å². The lowest BCUT2D eigenvalue weighted by Gasteiger charge is -2.27. The van der Waals surface area contributed by atoms with Crippen molar-refractivity contribution in [3.8, 4) is 0 Å². The molecule has 0 saturated carbocycles. The highest BCUT2D eigenvalue weighted by molar-refractivity contribution is 7.91. The van der Waals surface area contributed by atoms with Gasteiger partial charge in [-0.15, -0.1) is 0 Å². The number of carbonyl (C=O) groups excluding carboxylic acids is 1. The van der Waals surface area contributed by atoms with Crippen molar-refractivity contribution >= 4 is 15.6 Å². The van der Waals surface area contributed by atoms with Gasteiger partial charge in [-0.25, -0.2) is 8.42 Å². The van der Waals surface area contributed by atoms with E-state index in [0.29, 0.717) is 29.3 Å². The highest BCUT2D eigenvalue weighted by atomic mass is 32.2. The zero-order valence-corrected chi connectivity index (χ0v) is 17.7. The first-order chi connectivity index (χ1) is 13.9. The number of allylic oxidation sites excluding steroid dienone is 3. The standard InChI is InChI=1S/C24H27NO3S/c1-19(2)20-11-13-23(14-12-20)29(27,28)17-15-22-10-6-7-16-25(22)18-24(26)21-8-4-3-5-9-21/h3-14,19H,15-18H2,1-2H3. The fraction of sp³-hybridized carbons (Fsp3) is 0.292. The summed E-state index contributed by atoms with van der Waals surface area (Å²) in [6, 6.07) is 16.3. The van der Waals surface area contributed by atoms with E-state index >= 15 is 0 Å². The number of benzene rings is 2. The molecule has 0 amide bonds. The Balaban J connectivity index is 1.66. The summed E-state index contributed by atoms with van der Waals surface area (Å²) < 4.78 is 25.6.